The largest absolute Gasteiger partial charge is 0.415 e. The molecule has 5 nitrogen and oxygen atoms in total. The Balaban J connectivity index is 2.06. The van der Waals surface area contributed by atoms with Gasteiger partial charge in [0.15, 0.2) is 9.84 Å². The second kappa shape index (κ2) is 8.11. The molecule has 2 aromatic rings. The summed E-state index contributed by atoms with van der Waals surface area (Å²) in [6, 6.07) is 12.9. The normalized spacial score (nSPS) is 11.4. The Morgan fingerprint density at radius 3 is 2.24 bits per heavy atom. The van der Waals surface area contributed by atoms with Crippen molar-refractivity contribution in [2.45, 2.75) is 24.8 Å². The summed E-state index contributed by atoms with van der Waals surface area (Å²) in [7, 11) is -3.63. The van der Waals surface area contributed by atoms with Crippen LogP contribution in [0.3, 0.4) is 0 Å². The fourth-order valence-corrected chi connectivity index (χ4v) is 3.41. The highest BCUT2D eigenvalue weighted by Gasteiger charge is 2.23. The topological polar surface area (TPSA) is 63.7 Å². The van der Waals surface area contributed by atoms with Crippen LogP contribution in [-0.2, 0) is 9.84 Å². The molecule has 2 aromatic carbocycles. The minimum atomic E-state index is -3.63. The molecule has 0 N–H and O–H groups in total. The summed E-state index contributed by atoms with van der Waals surface area (Å²) in [5, 5.41) is 0. The molecule has 0 radical (unpaired) electrons. The number of rotatable bonds is 6. The van der Waals surface area contributed by atoms with Gasteiger partial charge >= 0.3 is 6.09 Å². The fourth-order valence-electron chi connectivity index (χ4n) is 2.19. The molecule has 7 heteroatoms. The predicted molar refractivity (Wildman–Crippen MR) is 92.8 cm³/mol. The number of para-hydroxylation sites is 1. The first kappa shape index (κ1) is 18.9. The first-order valence-corrected chi connectivity index (χ1v) is 9.46. The SMILES string of the molecule is CC(C)N(CCS(=O)(=O)c1ccc(F)cc1)C(=O)Oc1ccccc1. The van der Waals surface area contributed by atoms with Crippen molar-refractivity contribution in [1.29, 1.82) is 0 Å². The van der Waals surface area contributed by atoms with Gasteiger partial charge in [0.25, 0.3) is 0 Å². The van der Waals surface area contributed by atoms with E-state index in [1.165, 1.54) is 17.0 Å². The van der Waals surface area contributed by atoms with E-state index in [0.29, 0.717) is 5.75 Å². The summed E-state index contributed by atoms with van der Waals surface area (Å²) < 4.78 is 42.9. The minimum absolute atomic E-state index is 0.0223. The minimum Gasteiger partial charge on any atom is -0.410 e. The number of sulfone groups is 1. The Morgan fingerprint density at radius 2 is 1.68 bits per heavy atom. The first-order valence-electron chi connectivity index (χ1n) is 7.81. The maximum Gasteiger partial charge on any atom is 0.415 e. The maximum absolute atomic E-state index is 12.9. The number of carbonyl (C=O) groups is 1. The fraction of sp³-hybridized carbons (Fsp3) is 0.278. The molecule has 0 unspecified atom stereocenters. The van der Waals surface area contributed by atoms with E-state index in [9.17, 15) is 17.6 Å². The molecule has 0 heterocycles. The Hall–Kier alpha value is -2.41. The second-order valence-corrected chi connectivity index (χ2v) is 7.85. The van der Waals surface area contributed by atoms with E-state index in [1.54, 1.807) is 44.2 Å². The van der Waals surface area contributed by atoms with E-state index in [2.05, 4.69) is 0 Å². The van der Waals surface area contributed by atoms with Crippen molar-refractivity contribution in [2.75, 3.05) is 12.3 Å². The van der Waals surface area contributed by atoms with Crippen molar-refractivity contribution in [1.82, 2.24) is 4.90 Å². The Labute approximate surface area is 147 Å². The van der Waals surface area contributed by atoms with E-state index in [1.807, 2.05) is 0 Å². The average Bonchev–Trinajstić information content (AvgIpc) is 2.56. The molecular weight excluding hydrogens is 345 g/mol. The van der Waals surface area contributed by atoms with Gasteiger partial charge in [0.05, 0.1) is 10.6 Å². The zero-order valence-electron chi connectivity index (χ0n) is 14.1. The van der Waals surface area contributed by atoms with Crippen LogP contribution in [-0.4, -0.2) is 37.8 Å². The molecule has 0 bridgehead atoms. The van der Waals surface area contributed by atoms with Gasteiger partial charge in [0.2, 0.25) is 0 Å². The zero-order chi connectivity index (χ0) is 18.4. The van der Waals surface area contributed by atoms with Crippen LogP contribution in [0.2, 0.25) is 0 Å². The van der Waals surface area contributed by atoms with E-state index in [4.69, 9.17) is 4.74 Å². The number of halogens is 1. The third kappa shape index (κ3) is 5.29. The van der Waals surface area contributed by atoms with Gasteiger partial charge < -0.3 is 9.64 Å². The molecule has 0 aliphatic rings. The Kier molecular flexibility index (Phi) is 6.14. The lowest BCUT2D eigenvalue weighted by Crippen LogP contribution is -2.41. The van der Waals surface area contributed by atoms with Crippen LogP contribution >= 0.6 is 0 Å². The van der Waals surface area contributed by atoms with Gasteiger partial charge in [-0.15, -0.1) is 0 Å². The Bertz CT molecular complexity index is 805. The van der Waals surface area contributed by atoms with Crippen LogP contribution in [0.5, 0.6) is 5.75 Å². The molecule has 2 rings (SSSR count). The van der Waals surface area contributed by atoms with Crippen molar-refractivity contribution in [3.63, 3.8) is 0 Å². The van der Waals surface area contributed by atoms with Crippen LogP contribution in [0.15, 0.2) is 59.5 Å². The van der Waals surface area contributed by atoms with Crippen LogP contribution < -0.4 is 4.74 Å². The number of carbonyl (C=O) groups excluding carboxylic acids is 1. The van der Waals surface area contributed by atoms with Gasteiger partial charge in [-0.1, -0.05) is 18.2 Å². The molecule has 0 aromatic heterocycles. The molecule has 0 atom stereocenters. The lowest BCUT2D eigenvalue weighted by molar-refractivity contribution is 0.142. The summed E-state index contributed by atoms with van der Waals surface area (Å²) in [6.07, 6.45) is -0.615. The molecule has 1 amide bonds. The van der Waals surface area contributed by atoms with Crippen LogP contribution in [0, 0.1) is 5.82 Å². The maximum atomic E-state index is 12.9. The average molecular weight is 365 g/mol. The summed E-state index contributed by atoms with van der Waals surface area (Å²) in [5.74, 6) is -0.394. The van der Waals surface area contributed by atoms with Gasteiger partial charge in [0.1, 0.15) is 11.6 Å². The van der Waals surface area contributed by atoms with Gasteiger partial charge in [-0.05, 0) is 50.2 Å². The number of hydrogen-bond acceptors (Lipinski definition) is 4. The van der Waals surface area contributed by atoms with Gasteiger partial charge in [-0.2, -0.15) is 0 Å². The summed E-state index contributed by atoms with van der Waals surface area (Å²) in [6.45, 7) is 3.52. The van der Waals surface area contributed by atoms with Crippen molar-refractivity contribution in [3.8, 4) is 5.75 Å². The predicted octanol–water partition coefficient (Wildman–Crippen LogP) is 3.51. The molecule has 0 aliphatic carbocycles. The molecule has 0 spiro atoms. The van der Waals surface area contributed by atoms with E-state index in [-0.39, 0.29) is 23.2 Å². The molecule has 0 saturated heterocycles. The van der Waals surface area contributed by atoms with Crippen molar-refractivity contribution >= 4 is 15.9 Å². The van der Waals surface area contributed by atoms with Crippen LogP contribution in [0.4, 0.5) is 9.18 Å². The molecule has 0 saturated carbocycles. The van der Waals surface area contributed by atoms with E-state index < -0.39 is 21.7 Å². The highest BCUT2D eigenvalue weighted by molar-refractivity contribution is 7.91. The van der Waals surface area contributed by atoms with Crippen molar-refractivity contribution in [3.05, 3.63) is 60.4 Å². The summed E-state index contributed by atoms with van der Waals surface area (Å²) >= 11 is 0. The quantitative estimate of drug-likeness (QED) is 0.735. The molecule has 134 valence electrons. The van der Waals surface area contributed by atoms with Gasteiger partial charge in [-0.3, -0.25) is 0 Å². The molecule has 0 fully saturated rings. The summed E-state index contributed by atoms with van der Waals surface area (Å²) in [5.41, 5.74) is 0. The molecule has 0 aliphatic heterocycles. The second-order valence-electron chi connectivity index (χ2n) is 5.74. The third-order valence-electron chi connectivity index (χ3n) is 3.58. The number of nitrogens with zero attached hydrogens (tertiary/aromatic N) is 1. The van der Waals surface area contributed by atoms with Gasteiger partial charge in [0, 0.05) is 12.6 Å². The third-order valence-corrected chi connectivity index (χ3v) is 5.29. The molecular formula is C18H20FNO4S. The van der Waals surface area contributed by atoms with Crippen LogP contribution in [0.25, 0.3) is 0 Å². The highest BCUT2D eigenvalue weighted by Crippen LogP contribution is 2.15. The van der Waals surface area contributed by atoms with Gasteiger partial charge in [-0.25, -0.2) is 17.6 Å². The monoisotopic (exact) mass is 365 g/mol. The lowest BCUT2D eigenvalue weighted by Gasteiger charge is -2.25. The zero-order valence-corrected chi connectivity index (χ0v) is 14.9. The van der Waals surface area contributed by atoms with E-state index >= 15 is 0 Å². The smallest absolute Gasteiger partial charge is 0.410 e. The lowest BCUT2D eigenvalue weighted by atomic mass is 10.3. The molecule has 25 heavy (non-hydrogen) atoms. The Morgan fingerprint density at radius 1 is 1.08 bits per heavy atom. The number of benzene rings is 2. The van der Waals surface area contributed by atoms with Crippen molar-refractivity contribution < 1.29 is 22.3 Å². The van der Waals surface area contributed by atoms with E-state index in [0.717, 1.165) is 12.1 Å². The highest BCUT2D eigenvalue weighted by atomic mass is 32.2. The number of ether oxygens (including phenoxy) is 1. The van der Waals surface area contributed by atoms with Crippen LogP contribution in [0.1, 0.15) is 13.8 Å². The number of amides is 1. The number of hydrogen-bond donors (Lipinski definition) is 0. The van der Waals surface area contributed by atoms with Crippen molar-refractivity contribution in [2.24, 2.45) is 0 Å². The standard InChI is InChI=1S/C18H20FNO4S/c1-14(2)20(18(21)24-16-6-4-3-5-7-16)12-13-25(22,23)17-10-8-15(19)9-11-17/h3-11,14H,12-13H2,1-2H3. The summed E-state index contributed by atoms with van der Waals surface area (Å²) in [4.78, 5) is 13.7. The first-order chi connectivity index (χ1) is 11.8.